The maximum absolute atomic E-state index is 12.7. The zero-order valence-electron chi connectivity index (χ0n) is 23.9. The van der Waals surface area contributed by atoms with Crippen LogP contribution in [0.2, 0.25) is 0 Å². The van der Waals surface area contributed by atoms with Crippen LogP contribution in [0, 0.1) is 5.92 Å². The van der Waals surface area contributed by atoms with Crippen molar-refractivity contribution in [1.29, 1.82) is 0 Å². The Morgan fingerprint density at radius 2 is 1.84 bits per heavy atom. The smallest absolute Gasteiger partial charge is 0.310 e. The number of hydrogen-bond acceptors (Lipinski definition) is 7. The van der Waals surface area contributed by atoms with E-state index in [1.54, 1.807) is 29.7 Å². The van der Waals surface area contributed by atoms with E-state index in [4.69, 9.17) is 13.8 Å². The van der Waals surface area contributed by atoms with Crippen LogP contribution in [0.25, 0.3) is 5.57 Å². The van der Waals surface area contributed by atoms with Crippen molar-refractivity contribution in [2.75, 3.05) is 13.6 Å². The number of aromatic nitrogens is 1. The molecule has 0 radical (unpaired) electrons. The topological polar surface area (TPSA) is 77.5 Å². The van der Waals surface area contributed by atoms with Gasteiger partial charge >= 0.3 is 11.9 Å². The van der Waals surface area contributed by atoms with Gasteiger partial charge in [0, 0.05) is 24.4 Å². The van der Waals surface area contributed by atoms with E-state index >= 15 is 0 Å². The summed E-state index contributed by atoms with van der Waals surface area (Å²) in [6, 6.07) is 7.09. The van der Waals surface area contributed by atoms with Gasteiger partial charge in [-0.05, 0) is 73.8 Å². The van der Waals surface area contributed by atoms with Crippen LogP contribution in [0.5, 0.6) is 5.75 Å². The molecule has 0 spiro atoms. The normalized spacial score (nSPS) is 12.5. The fourth-order valence-corrected chi connectivity index (χ4v) is 5.20. The summed E-state index contributed by atoms with van der Waals surface area (Å²) < 4.78 is 15.8. The van der Waals surface area contributed by atoms with Gasteiger partial charge in [0.05, 0.1) is 12.1 Å². The third-order valence-electron chi connectivity index (χ3n) is 6.54. The molecule has 1 aromatic carbocycles. The molecule has 0 aliphatic heterocycles. The SMILES string of the molecule is CCCCCCCc1csnc1/C(=C/CCCC(OC(=O)Cc1ccccc1OC(C)=O)C(C)C)CNC. The van der Waals surface area contributed by atoms with Gasteiger partial charge in [-0.2, -0.15) is 4.37 Å². The largest absolute Gasteiger partial charge is 0.462 e. The van der Waals surface area contributed by atoms with Gasteiger partial charge in [-0.25, -0.2) is 0 Å². The molecule has 210 valence electrons. The summed E-state index contributed by atoms with van der Waals surface area (Å²) in [4.78, 5) is 24.1. The van der Waals surface area contributed by atoms with Gasteiger partial charge in [0.1, 0.15) is 11.9 Å². The van der Waals surface area contributed by atoms with Gasteiger partial charge in [-0.1, -0.05) is 70.7 Å². The lowest BCUT2D eigenvalue weighted by atomic mass is 9.98. The summed E-state index contributed by atoms with van der Waals surface area (Å²) in [5.74, 6) is -0.0991. The first kappa shape index (κ1) is 31.7. The number of unbranched alkanes of at least 4 members (excludes halogenated alkanes) is 5. The number of carbonyl (C=O) groups excluding carboxylic acids is 2. The summed E-state index contributed by atoms with van der Waals surface area (Å²) in [7, 11) is 1.97. The highest BCUT2D eigenvalue weighted by Gasteiger charge is 2.20. The Morgan fingerprint density at radius 3 is 2.55 bits per heavy atom. The van der Waals surface area contributed by atoms with Crippen LogP contribution in [0.3, 0.4) is 0 Å². The molecule has 0 amide bonds. The van der Waals surface area contributed by atoms with Crippen LogP contribution >= 0.6 is 11.5 Å². The molecule has 0 aliphatic carbocycles. The van der Waals surface area contributed by atoms with Crippen molar-refractivity contribution in [3.8, 4) is 5.75 Å². The molecule has 0 saturated carbocycles. The van der Waals surface area contributed by atoms with Crippen molar-refractivity contribution in [2.45, 2.75) is 98.0 Å². The van der Waals surface area contributed by atoms with Crippen molar-refractivity contribution < 1.29 is 19.1 Å². The number of allylic oxidation sites excluding steroid dienone is 1. The lowest BCUT2D eigenvalue weighted by molar-refractivity contribution is -0.151. The molecular formula is C31H46N2O4S. The maximum Gasteiger partial charge on any atom is 0.310 e. The molecule has 0 aliphatic rings. The molecule has 1 atom stereocenters. The van der Waals surface area contributed by atoms with E-state index in [0.29, 0.717) is 11.3 Å². The van der Waals surface area contributed by atoms with E-state index < -0.39 is 5.97 Å². The Hall–Kier alpha value is -2.51. The lowest BCUT2D eigenvalue weighted by Crippen LogP contribution is -2.25. The number of likely N-dealkylation sites (N-methyl/N-ethyl adjacent to an activating group) is 1. The Kier molecular flexibility index (Phi) is 14.9. The lowest BCUT2D eigenvalue weighted by Gasteiger charge is -2.21. The van der Waals surface area contributed by atoms with Gasteiger partial charge in [0.2, 0.25) is 0 Å². The molecular weight excluding hydrogens is 496 g/mol. The number of para-hydroxylation sites is 1. The van der Waals surface area contributed by atoms with Crippen LogP contribution < -0.4 is 10.1 Å². The third-order valence-corrected chi connectivity index (χ3v) is 7.21. The minimum absolute atomic E-state index is 0.0734. The van der Waals surface area contributed by atoms with Crippen LogP contribution in [0.4, 0.5) is 0 Å². The minimum atomic E-state index is -0.409. The number of ether oxygens (including phenoxy) is 2. The Morgan fingerprint density at radius 1 is 1.08 bits per heavy atom. The number of carbonyl (C=O) groups is 2. The summed E-state index contributed by atoms with van der Waals surface area (Å²) in [6.07, 6.45) is 12.3. The first-order chi connectivity index (χ1) is 18.3. The van der Waals surface area contributed by atoms with Gasteiger partial charge in [0.25, 0.3) is 0 Å². The molecule has 2 rings (SSSR count). The third kappa shape index (κ3) is 11.5. The molecule has 2 aromatic rings. The Labute approximate surface area is 233 Å². The molecule has 1 unspecified atom stereocenters. The number of benzene rings is 1. The number of aryl methyl sites for hydroxylation is 1. The zero-order valence-corrected chi connectivity index (χ0v) is 24.7. The van der Waals surface area contributed by atoms with Gasteiger partial charge in [-0.3, -0.25) is 9.59 Å². The van der Waals surface area contributed by atoms with E-state index in [-0.39, 0.29) is 24.4 Å². The molecule has 7 heteroatoms. The first-order valence-electron chi connectivity index (χ1n) is 14.1. The van der Waals surface area contributed by atoms with Crippen LogP contribution in [0.1, 0.15) is 95.9 Å². The summed E-state index contributed by atoms with van der Waals surface area (Å²) in [5.41, 5.74) is 4.39. The fourth-order valence-electron chi connectivity index (χ4n) is 4.46. The van der Waals surface area contributed by atoms with E-state index in [1.807, 2.05) is 13.1 Å². The van der Waals surface area contributed by atoms with Gasteiger partial charge < -0.3 is 14.8 Å². The number of rotatable bonds is 18. The minimum Gasteiger partial charge on any atom is -0.462 e. The Balaban J connectivity index is 1.92. The van der Waals surface area contributed by atoms with Crippen LogP contribution in [-0.4, -0.2) is 36.0 Å². The average molecular weight is 543 g/mol. The van der Waals surface area contributed by atoms with Crippen molar-refractivity contribution >= 4 is 29.0 Å². The van der Waals surface area contributed by atoms with Gasteiger partial charge in [-0.15, -0.1) is 0 Å². The number of nitrogens with one attached hydrogen (secondary N) is 1. The second-order valence-electron chi connectivity index (χ2n) is 10.2. The summed E-state index contributed by atoms with van der Waals surface area (Å²) >= 11 is 1.54. The van der Waals surface area contributed by atoms with Crippen molar-refractivity contribution in [1.82, 2.24) is 9.69 Å². The number of hydrogen-bond donors (Lipinski definition) is 1. The molecule has 6 nitrogen and oxygen atoms in total. The molecule has 1 aromatic heterocycles. The molecule has 0 saturated heterocycles. The van der Waals surface area contributed by atoms with Gasteiger partial charge in [0.15, 0.2) is 0 Å². The van der Waals surface area contributed by atoms with Crippen LogP contribution in [0.15, 0.2) is 35.7 Å². The standard InChI is InChI=1S/C31H46N2O4S/c1-6-7-8-9-10-17-27-22-38-33-31(27)26(21-32-5)16-12-13-18-28(23(2)3)37-30(35)20-25-15-11-14-19-29(25)36-24(4)34/h11,14-16,19,22-23,28,32H,6-10,12-13,17-18,20-21H2,1-5H3/b26-16+. The van der Waals surface area contributed by atoms with Crippen LogP contribution in [-0.2, 0) is 27.2 Å². The van der Waals surface area contributed by atoms with Crippen molar-refractivity contribution in [2.24, 2.45) is 5.92 Å². The highest BCUT2D eigenvalue weighted by Crippen LogP contribution is 2.24. The molecule has 1 N–H and O–H groups in total. The molecule has 0 fully saturated rings. The quantitative estimate of drug-likeness (QED) is 0.122. The number of esters is 2. The summed E-state index contributed by atoms with van der Waals surface area (Å²) in [5, 5.41) is 5.50. The predicted octanol–water partition coefficient (Wildman–Crippen LogP) is 7.16. The van der Waals surface area contributed by atoms with Crippen molar-refractivity contribution in [3.05, 3.63) is 52.5 Å². The average Bonchev–Trinajstić information content (AvgIpc) is 3.34. The van der Waals surface area contributed by atoms with Crippen molar-refractivity contribution in [3.63, 3.8) is 0 Å². The molecule has 38 heavy (non-hydrogen) atoms. The fraction of sp³-hybridized carbons (Fsp3) is 0.581. The van der Waals surface area contributed by atoms with E-state index in [2.05, 4.69) is 37.5 Å². The highest BCUT2D eigenvalue weighted by molar-refractivity contribution is 7.03. The van der Waals surface area contributed by atoms with E-state index in [1.165, 1.54) is 50.2 Å². The molecule has 0 bridgehead atoms. The van der Waals surface area contributed by atoms with E-state index in [0.717, 1.165) is 37.9 Å². The number of nitrogens with zero attached hydrogens (tertiary/aromatic N) is 1. The maximum atomic E-state index is 12.7. The first-order valence-corrected chi connectivity index (χ1v) is 14.9. The van der Waals surface area contributed by atoms with E-state index in [9.17, 15) is 9.59 Å². The predicted molar refractivity (Wildman–Crippen MR) is 157 cm³/mol. The summed E-state index contributed by atoms with van der Waals surface area (Å²) in [6.45, 7) is 8.54. The highest BCUT2D eigenvalue weighted by atomic mass is 32.1. The second-order valence-corrected chi connectivity index (χ2v) is 10.8. The monoisotopic (exact) mass is 542 g/mol. The zero-order chi connectivity index (χ0) is 27.8. The Bertz CT molecular complexity index is 1010. The second kappa shape index (κ2) is 17.9. The molecule has 1 heterocycles.